The summed E-state index contributed by atoms with van der Waals surface area (Å²) in [6.07, 6.45) is 3.87. The fourth-order valence-electron chi connectivity index (χ4n) is 4.96. The Bertz CT molecular complexity index is 1220. The number of aromatic nitrogens is 2. The van der Waals surface area contributed by atoms with Crippen molar-refractivity contribution in [3.8, 4) is 23.0 Å². The van der Waals surface area contributed by atoms with E-state index in [0.29, 0.717) is 6.42 Å². The molecule has 30 heavy (non-hydrogen) atoms. The van der Waals surface area contributed by atoms with Gasteiger partial charge >= 0.3 is 0 Å². The summed E-state index contributed by atoms with van der Waals surface area (Å²) in [7, 11) is 0. The molecule has 148 valence electrons. The average Bonchev–Trinajstić information content (AvgIpc) is 3.16. The molecule has 2 atom stereocenters. The van der Waals surface area contributed by atoms with Crippen LogP contribution in [0.5, 0.6) is 0 Å². The first-order valence-electron chi connectivity index (χ1n) is 10.1. The molecule has 0 unspecified atom stereocenters. The number of fused-ring (bicyclic) bond motifs is 3. The molecule has 4 nitrogen and oxygen atoms in total. The third-order valence-corrected chi connectivity index (χ3v) is 6.50. The molecule has 0 radical (unpaired) electrons. The molecule has 5 heteroatoms. The third-order valence-electron chi connectivity index (χ3n) is 6.50. The Balaban J connectivity index is 1.81. The number of allylic oxidation sites excluding steroid dienone is 2. The van der Waals surface area contributed by atoms with Crippen molar-refractivity contribution >= 4 is 5.78 Å². The lowest BCUT2D eigenvalue weighted by atomic mass is 9.61. The smallest absolute Gasteiger partial charge is 0.173 e. The Morgan fingerprint density at radius 3 is 2.60 bits per heavy atom. The van der Waals surface area contributed by atoms with E-state index in [-0.39, 0.29) is 23.1 Å². The summed E-state index contributed by atoms with van der Waals surface area (Å²) < 4.78 is 15.5. The van der Waals surface area contributed by atoms with Crippen molar-refractivity contribution in [2.75, 3.05) is 0 Å². The highest BCUT2D eigenvalue weighted by molar-refractivity contribution is 6.00. The number of hydrogen-bond acceptors (Lipinski definition) is 3. The summed E-state index contributed by atoms with van der Waals surface area (Å²) in [6, 6.07) is 18.4. The molecule has 0 bridgehead atoms. The number of carbonyl (C=O) groups is 1. The van der Waals surface area contributed by atoms with Crippen molar-refractivity contribution < 1.29 is 9.18 Å². The number of ketones is 1. The highest BCUT2D eigenvalue weighted by Gasteiger charge is 2.47. The highest BCUT2D eigenvalue weighted by atomic mass is 19.1. The van der Waals surface area contributed by atoms with Crippen molar-refractivity contribution in [3.05, 3.63) is 83.3 Å². The number of halogens is 1. The fourth-order valence-corrected chi connectivity index (χ4v) is 4.96. The van der Waals surface area contributed by atoms with Gasteiger partial charge in [-0.2, -0.15) is 10.4 Å². The largest absolute Gasteiger partial charge is 0.293 e. The molecule has 5 rings (SSSR count). The molecule has 2 aliphatic carbocycles. The maximum atomic E-state index is 13.6. The van der Waals surface area contributed by atoms with E-state index in [4.69, 9.17) is 5.10 Å². The molecular weight excluding hydrogens is 377 g/mol. The summed E-state index contributed by atoms with van der Waals surface area (Å²) >= 11 is 0. The number of hydrogen-bond donors (Lipinski definition) is 0. The monoisotopic (exact) mass is 397 g/mol. The van der Waals surface area contributed by atoms with Crippen molar-refractivity contribution in [1.29, 1.82) is 5.26 Å². The van der Waals surface area contributed by atoms with Gasteiger partial charge < -0.3 is 0 Å². The summed E-state index contributed by atoms with van der Waals surface area (Å²) in [5, 5.41) is 14.5. The Kier molecular flexibility index (Phi) is 4.18. The zero-order valence-electron chi connectivity index (χ0n) is 16.6. The molecule has 0 amide bonds. The number of Topliss-reactive ketones (excluding diaryl/α,β-unsaturated/α-hetero) is 1. The Labute approximate surface area is 174 Å². The number of nitriles is 1. The molecule has 0 N–H and O–H groups in total. The molecule has 2 aromatic carbocycles. The van der Waals surface area contributed by atoms with Gasteiger partial charge in [0.2, 0.25) is 0 Å². The van der Waals surface area contributed by atoms with Crippen LogP contribution in [0.3, 0.4) is 0 Å². The second-order valence-corrected chi connectivity index (χ2v) is 8.25. The Morgan fingerprint density at radius 1 is 1.17 bits per heavy atom. The lowest BCUT2D eigenvalue weighted by Gasteiger charge is -2.42. The van der Waals surface area contributed by atoms with Gasteiger partial charge in [0.15, 0.2) is 5.78 Å². The van der Waals surface area contributed by atoms with Crippen LogP contribution in [0.4, 0.5) is 4.39 Å². The Morgan fingerprint density at radius 2 is 1.90 bits per heavy atom. The van der Waals surface area contributed by atoms with Gasteiger partial charge in [0.1, 0.15) is 11.9 Å². The van der Waals surface area contributed by atoms with E-state index in [1.807, 2.05) is 41.1 Å². The minimum Gasteiger partial charge on any atom is -0.293 e. The maximum Gasteiger partial charge on any atom is 0.173 e. The second kappa shape index (κ2) is 6.77. The maximum absolute atomic E-state index is 13.6. The second-order valence-electron chi connectivity index (χ2n) is 8.25. The van der Waals surface area contributed by atoms with Crippen LogP contribution in [0.25, 0.3) is 16.9 Å². The molecule has 3 aromatic rings. The van der Waals surface area contributed by atoms with Gasteiger partial charge in [-0.05, 0) is 43.0 Å². The van der Waals surface area contributed by atoms with E-state index in [1.165, 1.54) is 12.1 Å². The summed E-state index contributed by atoms with van der Waals surface area (Å²) in [5.41, 5.74) is 4.53. The van der Waals surface area contributed by atoms with Gasteiger partial charge in [0.25, 0.3) is 0 Å². The number of benzene rings is 2. The zero-order chi connectivity index (χ0) is 20.9. The standard InChI is InChI=1S/C25H20FN3O/c1-25-14-17(15-27)22(30)13-18(25)7-12-21-23(16-5-3-2-4-6-16)28-29(24(21)25)20-10-8-19(26)9-11-20/h2-6,8-11,14,18H,7,12-13H2,1H3/t18-,25-/m1/s1. The molecular formula is C25H20FN3O. The molecule has 0 saturated heterocycles. The van der Waals surface area contributed by atoms with Crippen LogP contribution in [-0.2, 0) is 16.6 Å². The van der Waals surface area contributed by atoms with E-state index in [2.05, 4.69) is 13.0 Å². The van der Waals surface area contributed by atoms with E-state index in [0.717, 1.165) is 41.0 Å². The molecule has 1 aromatic heterocycles. The quantitative estimate of drug-likeness (QED) is 0.617. The number of carbonyl (C=O) groups excluding carboxylic acids is 1. The van der Waals surface area contributed by atoms with Crippen LogP contribution in [0, 0.1) is 23.1 Å². The van der Waals surface area contributed by atoms with Gasteiger partial charge in [-0.1, -0.05) is 43.3 Å². The fraction of sp³-hybridized carbons (Fsp3) is 0.240. The van der Waals surface area contributed by atoms with Crippen molar-refractivity contribution in [3.63, 3.8) is 0 Å². The lowest BCUT2D eigenvalue weighted by molar-refractivity contribution is -0.117. The van der Waals surface area contributed by atoms with Gasteiger partial charge in [0.05, 0.1) is 22.6 Å². The first kappa shape index (κ1) is 18.5. The predicted octanol–water partition coefficient (Wildman–Crippen LogP) is 4.92. The zero-order valence-corrected chi connectivity index (χ0v) is 16.6. The molecule has 0 spiro atoms. The topological polar surface area (TPSA) is 58.7 Å². The Hall–Kier alpha value is -3.52. The normalized spacial score (nSPS) is 22.6. The third kappa shape index (κ3) is 2.72. The first-order chi connectivity index (χ1) is 14.5. The average molecular weight is 397 g/mol. The summed E-state index contributed by atoms with van der Waals surface area (Å²) in [4.78, 5) is 12.4. The van der Waals surface area contributed by atoms with Crippen LogP contribution < -0.4 is 0 Å². The first-order valence-corrected chi connectivity index (χ1v) is 10.1. The SMILES string of the molecule is C[C@@]12C=C(C#N)C(=O)C[C@H]1CCc1c(-c3ccccc3)nn(-c3ccc(F)cc3)c12. The summed E-state index contributed by atoms with van der Waals surface area (Å²) in [6.45, 7) is 2.09. The molecule has 0 saturated carbocycles. The van der Waals surface area contributed by atoms with Crippen molar-refractivity contribution in [2.24, 2.45) is 5.92 Å². The summed E-state index contributed by atoms with van der Waals surface area (Å²) in [5.74, 6) is -0.282. The van der Waals surface area contributed by atoms with E-state index < -0.39 is 5.41 Å². The van der Waals surface area contributed by atoms with Gasteiger partial charge in [-0.25, -0.2) is 9.07 Å². The molecule has 1 heterocycles. The molecule has 0 fully saturated rings. The van der Waals surface area contributed by atoms with E-state index >= 15 is 0 Å². The lowest BCUT2D eigenvalue weighted by Crippen LogP contribution is -2.41. The number of nitrogens with zero attached hydrogens (tertiary/aromatic N) is 3. The predicted molar refractivity (Wildman–Crippen MR) is 111 cm³/mol. The van der Waals surface area contributed by atoms with Crippen LogP contribution in [0.2, 0.25) is 0 Å². The van der Waals surface area contributed by atoms with Gasteiger partial charge in [-0.3, -0.25) is 4.79 Å². The molecule has 2 aliphatic rings. The minimum atomic E-state index is -0.499. The van der Waals surface area contributed by atoms with Gasteiger partial charge in [0, 0.05) is 23.0 Å². The van der Waals surface area contributed by atoms with Crippen LogP contribution in [-0.4, -0.2) is 15.6 Å². The van der Waals surface area contributed by atoms with Crippen LogP contribution in [0.15, 0.2) is 66.2 Å². The minimum absolute atomic E-state index is 0.0837. The van der Waals surface area contributed by atoms with Crippen molar-refractivity contribution in [1.82, 2.24) is 9.78 Å². The van der Waals surface area contributed by atoms with Gasteiger partial charge in [-0.15, -0.1) is 0 Å². The van der Waals surface area contributed by atoms with E-state index in [1.54, 1.807) is 12.1 Å². The highest BCUT2D eigenvalue weighted by Crippen LogP contribution is 2.50. The van der Waals surface area contributed by atoms with Crippen LogP contribution >= 0.6 is 0 Å². The van der Waals surface area contributed by atoms with E-state index in [9.17, 15) is 14.4 Å². The molecule has 0 aliphatic heterocycles. The van der Waals surface area contributed by atoms with Crippen LogP contribution in [0.1, 0.15) is 31.0 Å². The number of rotatable bonds is 2. The van der Waals surface area contributed by atoms with Crippen molar-refractivity contribution in [2.45, 2.75) is 31.6 Å².